The maximum absolute atomic E-state index is 5.51. The zero-order chi connectivity index (χ0) is 9.80. The molecule has 0 aliphatic carbocycles. The highest BCUT2D eigenvalue weighted by molar-refractivity contribution is 5.45. The summed E-state index contributed by atoms with van der Waals surface area (Å²) in [6, 6.07) is 9.93. The molecule has 74 valence electrons. The monoisotopic (exact) mass is 191 g/mol. The van der Waals surface area contributed by atoms with Crippen LogP contribution >= 0.6 is 0 Å². The molecule has 0 saturated heterocycles. The van der Waals surface area contributed by atoms with Gasteiger partial charge in [0.05, 0.1) is 5.69 Å². The van der Waals surface area contributed by atoms with Crippen molar-refractivity contribution in [1.82, 2.24) is 0 Å². The Morgan fingerprint density at radius 1 is 1.43 bits per heavy atom. The predicted octanol–water partition coefficient (Wildman–Crippen LogP) is 2.24. The van der Waals surface area contributed by atoms with Crippen molar-refractivity contribution in [2.75, 3.05) is 18.2 Å². The molecular formula is C10H13N3O. The minimum atomic E-state index is -0.0394. The fourth-order valence-electron chi connectivity index (χ4n) is 1.42. The molecular weight excluding hydrogens is 178 g/mol. The molecule has 0 saturated carbocycles. The Balaban J connectivity index is 2.13. The Bertz CT molecular complexity index is 312. The molecule has 0 N–H and O–H groups in total. The van der Waals surface area contributed by atoms with Crippen molar-refractivity contribution in [2.45, 2.75) is 13.2 Å². The summed E-state index contributed by atoms with van der Waals surface area (Å²) in [6.07, 6.45) is -0.0394. The van der Waals surface area contributed by atoms with Crippen LogP contribution in [0.25, 0.3) is 0 Å². The van der Waals surface area contributed by atoms with Crippen LogP contribution in [0.1, 0.15) is 6.92 Å². The van der Waals surface area contributed by atoms with E-state index < -0.39 is 0 Å². The van der Waals surface area contributed by atoms with Gasteiger partial charge in [-0.3, -0.25) is 0 Å². The molecule has 0 amide bonds. The van der Waals surface area contributed by atoms with Gasteiger partial charge in [-0.05, 0) is 19.1 Å². The van der Waals surface area contributed by atoms with Gasteiger partial charge >= 0.3 is 0 Å². The zero-order valence-electron chi connectivity index (χ0n) is 8.13. The summed E-state index contributed by atoms with van der Waals surface area (Å²) >= 11 is 0. The zero-order valence-corrected chi connectivity index (χ0v) is 8.13. The highest BCUT2D eigenvalue weighted by atomic mass is 16.5. The first-order chi connectivity index (χ1) is 6.92. The molecule has 1 unspecified atom stereocenters. The normalized spacial score (nSPS) is 20.4. The Labute approximate surface area is 83.2 Å². The molecule has 0 bridgehead atoms. The number of anilines is 1. The van der Waals surface area contributed by atoms with Gasteiger partial charge in [-0.25, -0.2) is 5.01 Å². The van der Waals surface area contributed by atoms with Crippen molar-refractivity contribution < 1.29 is 4.74 Å². The van der Waals surface area contributed by atoms with Crippen LogP contribution in [0, 0.1) is 0 Å². The van der Waals surface area contributed by atoms with Gasteiger partial charge in [0.15, 0.2) is 6.23 Å². The molecule has 1 atom stereocenters. The van der Waals surface area contributed by atoms with E-state index in [2.05, 4.69) is 10.3 Å². The van der Waals surface area contributed by atoms with Crippen molar-refractivity contribution in [3.63, 3.8) is 0 Å². The topological polar surface area (TPSA) is 37.2 Å². The Hall–Kier alpha value is -1.42. The van der Waals surface area contributed by atoms with E-state index in [1.807, 2.05) is 42.3 Å². The Morgan fingerprint density at radius 2 is 2.21 bits per heavy atom. The maximum Gasteiger partial charge on any atom is 0.173 e. The van der Waals surface area contributed by atoms with Crippen LogP contribution in [0.2, 0.25) is 0 Å². The smallest absolute Gasteiger partial charge is 0.173 e. The van der Waals surface area contributed by atoms with E-state index in [0.29, 0.717) is 13.2 Å². The number of hydrogen-bond acceptors (Lipinski definition) is 4. The van der Waals surface area contributed by atoms with Gasteiger partial charge in [-0.1, -0.05) is 23.4 Å². The molecule has 0 fully saturated rings. The third kappa shape index (κ3) is 1.75. The molecule has 1 aliphatic rings. The highest BCUT2D eigenvalue weighted by Gasteiger charge is 2.23. The highest BCUT2D eigenvalue weighted by Crippen LogP contribution is 2.21. The summed E-state index contributed by atoms with van der Waals surface area (Å²) in [5.41, 5.74) is 1.02. The van der Waals surface area contributed by atoms with Crippen LogP contribution in [-0.2, 0) is 4.74 Å². The van der Waals surface area contributed by atoms with Gasteiger partial charge < -0.3 is 4.74 Å². The van der Waals surface area contributed by atoms with Gasteiger partial charge in [-0.2, -0.15) is 5.11 Å². The molecule has 1 aromatic carbocycles. The lowest BCUT2D eigenvalue weighted by Gasteiger charge is -2.20. The number of nitrogens with zero attached hydrogens (tertiary/aromatic N) is 3. The summed E-state index contributed by atoms with van der Waals surface area (Å²) in [5, 5.41) is 9.82. The minimum absolute atomic E-state index is 0.0394. The van der Waals surface area contributed by atoms with Crippen LogP contribution in [0.4, 0.5) is 5.69 Å². The van der Waals surface area contributed by atoms with E-state index in [1.165, 1.54) is 0 Å². The van der Waals surface area contributed by atoms with E-state index in [4.69, 9.17) is 4.74 Å². The summed E-state index contributed by atoms with van der Waals surface area (Å²) in [6.45, 7) is 3.27. The van der Waals surface area contributed by atoms with Crippen LogP contribution in [0.15, 0.2) is 40.7 Å². The second kappa shape index (κ2) is 4.19. The predicted molar refractivity (Wildman–Crippen MR) is 54.1 cm³/mol. The number of ether oxygens (including phenoxy) is 1. The average Bonchev–Trinajstić information content (AvgIpc) is 2.68. The quantitative estimate of drug-likeness (QED) is 0.734. The van der Waals surface area contributed by atoms with Crippen molar-refractivity contribution in [3.8, 4) is 0 Å². The van der Waals surface area contributed by atoms with Gasteiger partial charge in [0, 0.05) is 6.61 Å². The van der Waals surface area contributed by atoms with Gasteiger partial charge in [0.2, 0.25) is 0 Å². The second-order valence-corrected chi connectivity index (χ2v) is 3.00. The molecule has 1 heterocycles. The van der Waals surface area contributed by atoms with E-state index >= 15 is 0 Å². The first-order valence-corrected chi connectivity index (χ1v) is 4.75. The molecule has 0 spiro atoms. The molecule has 1 aliphatic heterocycles. The summed E-state index contributed by atoms with van der Waals surface area (Å²) in [5.74, 6) is 0. The molecule has 2 rings (SSSR count). The third-order valence-corrected chi connectivity index (χ3v) is 2.05. The molecule has 4 nitrogen and oxygen atoms in total. The van der Waals surface area contributed by atoms with E-state index in [0.717, 1.165) is 5.69 Å². The molecule has 4 heteroatoms. The summed E-state index contributed by atoms with van der Waals surface area (Å²) in [7, 11) is 0. The van der Waals surface area contributed by atoms with Crippen LogP contribution in [-0.4, -0.2) is 19.4 Å². The summed E-state index contributed by atoms with van der Waals surface area (Å²) < 4.78 is 5.51. The molecule has 1 aromatic rings. The second-order valence-electron chi connectivity index (χ2n) is 3.00. The van der Waals surface area contributed by atoms with Crippen LogP contribution < -0.4 is 5.01 Å². The Kier molecular flexibility index (Phi) is 2.74. The van der Waals surface area contributed by atoms with Crippen LogP contribution in [0.5, 0.6) is 0 Å². The number of para-hydroxylation sites is 1. The number of rotatable bonds is 3. The van der Waals surface area contributed by atoms with Crippen LogP contribution in [0.3, 0.4) is 0 Å². The SMILES string of the molecule is CCOC1CN=NN1c1ccccc1. The lowest BCUT2D eigenvalue weighted by atomic mass is 10.3. The fraction of sp³-hybridized carbons (Fsp3) is 0.400. The van der Waals surface area contributed by atoms with E-state index in [9.17, 15) is 0 Å². The molecule has 14 heavy (non-hydrogen) atoms. The molecule has 0 aromatic heterocycles. The van der Waals surface area contributed by atoms with Crippen molar-refractivity contribution >= 4 is 5.69 Å². The van der Waals surface area contributed by atoms with E-state index in [1.54, 1.807) is 0 Å². The average molecular weight is 191 g/mol. The first-order valence-electron chi connectivity index (χ1n) is 4.75. The standard InChI is InChI=1S/C10H13N3O/c1-2-14-10-8-11-12-13(10)9-6-4-3-5-7-9/h3-7,10H,2,8H2,1H3. The maximum atomic E-state index is 5.51. The van der Waals surface area contributed by atoms with Gasteiger partial charge in [0.1, 0.15) is 6.54 Å². The molecule has 0 radical (unpaired) electrons. The Morgan fingerprint density at radius 3 is 2.93 bits per heavy atom. The minimum Gasteiger partial charge on any atom is -0.355 e. The van der Waals surface area contributed by atoms with Crippen molar-refractivity contribution in [3.05, 3.63) is 30.3 Å². The summed E-state index contributed by atoms with van der Waals surface area (Å²) in [4.78, 5) is 0. The van der Waals surface area contributed by atoms with Crippen molar-refractivity contribution in [2.24, 2.45) is 10.3 Å². The van der Waals surface area contributed by atoms with Gasteiger partial charge in [-0.15, -0.1) is 0 Å². The van der Waals surface area contributed by atoms with E-state index in [-0.39, 0.29) is 6.23 Å². The number of hydrogen-bond donors (Lipinski definition) is 0. The fourth-order valence-corrected chi connectivity index (χ4v) is 1.42. The van der Waals surface area contributed by atoms with Gasteiger partial charge in [0.25, 0.3) is 0 Å². The lowest BCUT2D eigenvalue weighted by Crippen LogP contribution is -2.31. The van der Waals surface area contributed by atoms with Crippen molar-refractivity contribution in [1.29, 1.82) is 0 Å². The first kappa shape index (κ1) is 9.15. The largest absolute Gasteiger partial charge is 0.355 e. The number of benzene rings is 1. The third-order valence-electron chi connectivity index (χ3n) is 2.05. The lowest BCUT2D eigenvalue weighted by molar-refractivity contribution is 0.0766.